The highest BCUT2D eigenvalue weighted by Gasteiger charge is 2.19. The molecule has 138 valence electrons. The summed E-state index contributed by atoms with van der Waals surface area (Å²) < 4.78 is 5.54. The molecule has 0 aliphatic carbocycles. The van der Waals surface area contributed by atoms with Gasteiger partial charge in [0.1, 0.15) is 5.75 Å². The number of benzene rings is 2. The number of carbonyl (C=O) groups is 1. The minimum Gasteiger partial charge on any atom is -0.479 e. The molecule has 0 heterocycles. The largest absolute Gasteiger partial charge is 0.479 e. The van der Waals surface area contributed by atoms with E-state index in [9.17, 15) is 14.9 Å². The van der Waals surface area contributed by atoms with Gasteiger partial charge in [-0.2, -0.15) is 0 Å². The van der Waals surface area contributed by atoms with E-state index in [4.69, 9.17) is 16.3 Å². The predicted octanol–water partition coefficient (Wildman–Crippen LogP) is 4.15. The first-order valence-corrected chi connectivity index (χ1v) is 8.69. The number of hydrogen-bond donors (Lipinski definition) is 1. The fraction of sp³-hybridized carbons (Fsp3) is 0.316. The molecule has 7 heteroatoms. The SMILES string of the molecule is C[C@H](CCc1ccccc1)NC(=O)[C@H](C)Oc1ccc([N+](=O)[O-])cc1Cl. The topological polar surface area (TPSA) is 81.5 Å². The molecule has 26 heavy (non-hydrogen) atoms. The summed E-state index contributed by atoms with van der Waals surface area (Å²) >= 11 is 5.98. The first kappa shape index (κ1) is 19.7. The quantitative estimate of drug-likeness (QED) is 0.554. The van der Waals surface area contributed by atoms with Crippen LogP contribution < -0.4 is 10.1 Å². The second-order valence-electron chi connectivity index (χ2n) is 6.07. The van der Waals surface area contributed by atoms with E-state index < -0.39 is 11.0 Å². The molecule has 1 amide bonds. The molecular weight excluding hydrogens is 356 g/mol. The molecule has 2 aromatic carbocycles. The number of nitrogens with zero attached hydrogens (tertiary/aromatic N) is 1. The molecule has 2 atom stereocenters. The summed E-state index contributed by atoms with van der Waals surface area (Å²) in [6.07, 6.45) is 0.903. The summed E-state index contributed by atoms with van der Waals surface area (Å²) in [7, 11) is 0. The molecular formula is C19H21ClN2O4. The van der Waals surface area contributed by atoms with E-state index >= 15 is 0 Å². The number of nitro benzene ring substituents is 1. The highest BCUT2D eigenvalue weighted by molar-refractivity contribution is 6.32. The Morgan fingerprint density at radius 2 is 1.92 bits per heavy atom. The van der Waals surface area contributed by atoms with Crippen LogP contribution in [0.1, 0.15) is 25.8 Å². The fourth-order valence-corrected chi connectivity index (χ4v) is 2.62. The average Bonchev–Trinajstić information content (AvgIpc) is 2.62. The van der Waals surface area contributed by atoms with Crippen LogP contribution in [0.5, 0.6) is 5.75 Å². The van der Waals surface area contributed by atoms with Gasteiger partial charge in [0.25, 0.3) is 11.6 Å². The zero-order chi connectivity index (χ0) is 19.1. The number of carbonyl (C=O) groups excluding carboxylic acids is 1. The molecule has 0 fully saturated rings. The molecule has 2 aromatic rings. The molecule has 0 spiro atoms. The second-order valence-corrected chi connectivity index (χ2v) is 6.47. The van der Waals surface area contributed by atoms with Crippen molar-refractivity contribution >= 4 is 23.2 Å². The van der Waals surface area contributed by atoms with Crippen molar-refractivity contribution in [2.24, 2.45) is 0 Å². The zero-order valence-corrected chi connectivity index (χ0v) is 15.4. The van der Waals surface area contributed by atoms with Gasteiger partial charge in [-0.05, 0) is 38.3 Å². The van der Waals surface area contributed by atoms with Crippen LogP contribution >= 0.6 is 11.6 Å². The molecule has 1 N–H and O–H groups in total. The number of nitrogens with one attached hydrogen (secondary N) is 1. The van der Waals surface area contributed by atoms with Crippen LogP contribution in [0.15, 0.2) is 48.5 Å². The molecule has 0 radical (unpaired) electrons. The summed E-state index contributed by atoms with van der Waals surface area (Å²) in [5.74, 6) is -0.0307. The van der Waals surface area contributed by atoms with E-state index in [0.29, 0.717) is 0 Å². The highest BCUT2D eigenvalue weighted by Crippen LogP contribution is 2.29. The smallest absolute Gasteiger partial charge is 0.271 e. The molecule has 2 rings (SSSR count). The molecule has 0 aliphatic heterocycles. The Balaban J connectivity index is 1.86. The number of amides is 1. The number of halogens is 1. The predicted molar refractivity (Wildman–Crippen MR) is 101 cm³/mol. The maximum absolute atomic E-state index is 12.3. The van der Waals surface area contributed by atoms with Gasteiger partial charge in [0, 0.05) is 18.2 Å². The van der Waals surface area contributed by atoms with Crippen LogP contribution in [0, 0.1) is 10.1 Å². The third-order valence-electron chi connectivity index (χ3n) is 3.90. The van der Waals surface area contributed by atoms with Crippen LogP contribution in [0.3, 0.4) is 0 Å². The van der Waals surface area contributed by atoms with Gasteiger partial charge in [-0.1, -0.05) is 41.9 Å². The number of hydrogen-bond acceptors (Lipinski definition) is 4. The van der Waals surface area contributed by atoms with E-state index in [-0.39, 0.29) is 28.4 Å². The van der Waals surface area contributed by atoms with Crippen LogP contribution in [0.25, 0.3) is 0 Å². The maximum Gasteiger partial charge on any atom is 0.271 e. The van der Waals surface area contributed by atoms with Crippen LogP contribution in [0.2, 0.25) is 5.02 Å². The summed E-state index contributed by atoms with van der Waals surface area (Å²) in [5, 5.41) is 13.7. The van der Waals surface area contributed by atoms with Crippen molar-refractivity contribution in [2.45, 2.75) is 38.8 Å². The Kier molecular flexibility index (Phi) is 6.97. The van der Waals surface area contributed by atoms with Gasteiger partial charge in [0.15, 0.2) is 6.10 Å². The lowest BCUT2D eigenvalue weighted by atomic mass is 10.1. The fourth-order valence-electron chi connectivity index (χ4n) is 2.40. The number of aryl methyl sites for hydroxylation is 1. The van der Waals surface area contributed by atoms with Gasteiger partial charge in [-0.25, -0.2) is 0 Å². The Bertz CT molecular complexity index is 767. The minimum absolute atomic E-state index is 0.0129. The summed E-state index contributed by atoms with van der Waals surface area (Å²) in [6.45, 7) is 3.55. The first-order chi connectivity index (χ1) is 12.4. The Morgan fingerprint density at radius 1 is 1.23 bits per heavy atom. The normalized spacial score (nSPS) is 12.9. The molecule has 0 aliphatic rings. The highest BCUT2D eigenvalue weighted by atomic mass is 35.5. The molecule has 0 bridgehead atoms. The van der Waals surface area contributed by atoms with Crippen LogP contribution in [-0.4, -0.2) is 23.0 Å². The van der Waals surface area contributed by atoms with E-state index in [1.807, 2.05) is 25.1 Å². The van der Waals surface area contributed by atoms with Gasteiger partial charge in [-0.15, -0.1) is 0 Å². The lowest BCUT2D eigenvalue weighted by Crippen LogP contribution is -2.41. The minimum atomic E-state index is -0.770. The lowest BCUT2D eigenvalue weighted by Gasteiger charge is -2.19. The Hall–Kier alpha value is -2.60. The van der Waals surface area contributed by atoms with Crippen molar-refractivity contribution in [3.8, 4) is 5.75 Å². The third kappa shape index (κ3) is 5.74. The second kappa shape index (κ2) is 9.20. The molecule has 0 aromatic heterocycles. The average molecular weight is 377 g/mol. The van der Waals surface area contributed by atoms with E-state index in [1.54, 1.807) is 6.92 Å². The first-order valence-electron chi connectivity index (χ1n) is 8.31. The number of ether oxygens (including phenoxy) is 1. The summed E-state index contributed by atoms with van der Waals surface area (Å²) in [4.78, 5) is 22.4. The van der Waals surface area contributed by atoms with Gasteiger partial charge >= 0.3 is 0 Å². The van der Waals surface area contributed by atoms with Crippen LogP contribution in [0.4, 0.5) is 5.69 Å². The monoisotopic (exact) mass is 376 g/mol. The molecule has 0 saturated heterocycles. The Labute approximate surface area is 157 Å². The van der Waals surface area contributed by atoms with Crippen molar-refractivity contribution in [3.63, 3.8) is 0 Å². The third-order valence-corrected chi connectivity index (χ3v) is 4.19. The Morgan fingerprint density at radius 3 is 2.54 bits per heavy atom. The number of non-ortho nitro benzene ring substituents is 1. The standard InChI is InChI=1S/C19H21ClN2O4/c1-13(8-9-15-6-4-3-5-7-15)21-19(23)14(2)26-18-11-10-16(22(24)25)12-17(18)20/h3-7,10-14H,8-9H2,1-2H3,(H,21,23)/t13-,14+/m1/s1. The molecule has 6 nitrogen and oxygen atoms in total. The lowest BCUT2D eigenvalue weighted by molar-refractivity contribution is -0.384. The van der Waals surface area contributed by atoms with Crippen molar-refractivity contribution in [1.29, 1.82) is 0 Å². The van der Waals surface area contributed by atoms with Gasteiger partial charge < -0.3 is 10.1 Å². The summed E-state index contributed by atoms with van der Waals surface area (Å²) in [6, 6.07) is 13.9. The van der Waals surface area contributed by atoms with Crippen molar-refractivity contribution in [1.82, 2.24) is 5.32 Å². The van der Waals surface area contributed by atoms with Crippen molar-refractivity contribution in [2.75, 3.05) is 0 Å². The maximum atomic E-state index is 12.3. The van der Waals surface area contributed by atoms with Crippen molar-refractivity contribution < 1.29 is 14.5 Å². The van der Waals surface area contributed by atoms with E-state index in [2.05, 4.69) is 17.4 Å². The zero-order valence-electron chi connectivity index (χ0n) is 14.6. The number of nitro groups is 1. The van der Waals surface area contributed by atoms with Gasteiger partial charge in [-0.3, -0.25) is 14.9 Å². The molecule has 0 saturated carbocycles. The van der Waals surface area contributed by atoms with Gasteiger partial charge in [0.2, 0.25) is 0 Å². The van der Waals surface area contributed by atoms with Crippen LogP contribution in [-0.2, 0) is 11.2 Å². The van der Waals surface area contributed by atoms with E-state index in [0.717, 1.165) is 12.8 Å². The summed E-state index contributed by atoms with van der Waals surface area (Å²) in [5.41, 5.74) is 1.09. The number of rotatable bonds is 8. The molecule has 0 unspecified atom stereocenters. The van der Waals surface area contributed by atoms with Gasteiger partial charge in [0.05, 0.1) is 9.95 Å². The van der Waals surface area contributed by atoms with Crippen molar-refractivity contribution in [3.05, 3.63) is 69.2 Å². The van der Waals surface area contributed by atoms with E-state index in [1.165, 1.54) is 23.8 Å².